The lowest BCUT2D eigenvalue weighted by Gasteiger charge is -2.15. The molecule has 1 atom stereocenters. The van der Waals surface area contributed by atoms with Crippen molar-refractivity contribution < 1.29 is 4.79 Å². The summed E-state index contributed by atoms with van der Waals surface area (Å²) < 4.78 is 1.95. The number of hydrazine groups is 1. The molecule has 0 aliphatic rings. The second-order valence-corrected chi connectivity index (χ2v) is 4.84. The van der Waals surface area contributed by atoms with Crippen molar-refractivity contribution in [2.24, 2.45) is 12.8 Å². The summed E-state index contributed by atoms with van der Waals surface area (Å²) in [4.78, 5) is 15.9. The van der Waals surface area contributed by atoms with Gasteiger partial charge in [-0.2, -0.15) is 0 Å². The van der Waals surface area contributed by atoms with E-state index in [1.807, 2.05) is 29.8 Å². The molecule has 102 valence electrons. The van der Waals surface area contributed by atoms with Gasteiger partial charge in [0.2, 0.25) is 5.91 Å². The third-order valence-electron chi connectivity index (χ3n) is 2.93. The minimum absolute atomic E-state index is 0.0985. The predicted molar refractivity (Wildman–Crippen MR) is 74.1 cm³/mol. The van der Waals surface area contributed by atoms with Gasteiger partial charge in [0.1, 0.15) is 0 Å². The second kappa shape index (κ2) is 5.38. The fourth-order valence-electron chi connectivity index (χ4n) is 2.00. The first-order valence-electron chi connectivity index (χ1n) is 6.10. The molecule has 1 aromatic carbocycles. The summed E-state index contributed by atoms with van der Waals surface area (Å²) in [6.07, 6.45) is 2.01. The van der Waals surface area contributed by atoms with Crippen molar-refractivity contribution in [1.29, 1.82) is 0 Å². The van der Waals surface area contributed by atoms with Gasteiger partial charge >= 0.3 is 0 Å². The average molecular weight is 261 g/mol. The number of nitrogens with zero attached hydrogens (tertiary/aromatic N) is 3. The van der Waals surface area contributed by atoms with Gasteiger partial charge in [-0.3, -0.25) is 10.2 Å². The van der Waals surface area contributed by atoms with Crippen LogP contribution in [0, 0.1) is 0 Å². The lowest BCUT2D eigenvalue weighted by molar-refractivity contribution is -0.125. The van der Waals surface area contributed by atoms with E-state index in [1.54, 1.807) is 25.4 Å². The molecule has 0 aliphatic carbocycles. The number of carbonyl (C=O) groups excluding carboxylic acids is 1. The Morgan fingerprint density at radius 2 is 2.26 bits per heavy atom. The van der Waals surface area contributed by atoms with Crippen molar-refractivity contribution in [3.63, 3.8) is 0 Å². The molecule has 2 rings (SSSR count). The van der Waals surface area contributed by atoms with E-state index in [1.165, 1.54) is 0 Å². The van der Waals surface area contributed by atoms with E-state index in [2.05, 4.69) is 10.4 Å². The lowest BCUT2D eigenvalue weighted by Crippen LogP contribution is -2.37. The zero-order valence-corrected chi connectivity index (χ0v) is 11.4. The highest BCUT2D eigenvalue weighted by molar-refractivity contribution is 5.78. The van der Waals surface area contributed by atoms with Crippen LogP contribution in [0.25, 0.3) is 11.0 Å². The number of fused-ring (bicyclic) bond motifs is 1. The summed E-state index contributed by atoms with van der Waals surface area (Å²) in [5, 5.41) is 1.61. The zero-order valence-electron chi connectivity index (χ0n) is 11.4. The molecule has 0 saturated heterocycles. The lowest BCUT2D eigenvalue weighted by atomic mass is 10.0. The van der Waals surface area contributed by atoms with Gasteiger partial charge in [-0.15, -0.1) is 0 Å². The van der Waals surface area contributed by atoms with Gasteiger partial charge in [0.25, 0.3) is 0 Å². The number of nitrogens with one attached hydrogen (secondary N) is 1. The van der Waals surface area contributed by atoms with Crippen LogP contribution in [0.5, 0.6) is 0 Å². The molecule has 0 saturated carbocycles. The van der Waals surface area contributed by atoms with Crippen LogP contribution in [-0.2, 0) is 11.8 Å². The maximum atomic E-state index is 11.7. The van der Waals surface area contributed by atoms with Crippen LogP contribution in [0.2, 0.25) is 0 Å². The van der Waals surface area contributed by atoms with Crippen LogP contribution in [0.1, 0.15) is 18.0 Å². The van der Waals surface area contributed by atoms with E-state index >= 15 is 0 Å². The summed E-state index contributed by atoms with van der Waals surface area (Å²) in [6, 6.07) is 5.52. The second-order valence-electron chi connectivity index (χ2n) is 4.84. The van der Waals surface area contributed by atoms with Crippen molar-refractivity contribution in [1.82, 2.24) is 20.0 Å². The van der Waals surface area contributed by atoms with E-state index in [0.29, 0.717) is 0 Å². The van der Waals surface area contributed by atoms with Crippen LogP contribution < -0.4 is 11.2 Å². The Morgan fingerprint density at radius 3 is 2.95 bits per heavy atom. The van der Waals surface area contributed by atoms with Gasteiger partial charge < -0.3 is 10.3 Å². The zero-order chi connectivity index (χ0) is 14.0. The van der Waals surface area contributed by atoms with Gasteiger partial charge in [0, 0.05) is 33.6 Å². The average Bonchev–Trinajstić information content (AvgIpc) is 2.69. The fourth-order valence-corrected chi connectivity index (χ4v) is 2.00. The van der Waals surface area contributed by atoms with E-state index in [4.69, 9.17) is 5.73 Å². The first-order valence-corrected chi connectivity index (χ1v) is 6.10. The molecule has 0 radical (unpaired) electrons. The van der Waals surface area contributed by atoms with Crippen LogP contribution in [0.4, 0.5) is 0 Å². The molecule has 1 unspecified atom stereocenters. The van der Waals surface area contributed by atoms with Gasteiger partial charge in [0.15, 0.2) is 0 Å². The highest BCUT2D eigenvalue weighted by Crippen LogP contribution is 2.19. The van der Waals surface area contributed by atoms with Gasteiger partial charge in [0.05, 0.1) is 17.4 Å². The molecule has 1 aromatic heterocycles. The number of carbonyl (C=O) groups is 1. The smallest absolute Gasteiger partial charge is 0.236 e. The van der Waals surface area contributed by atoms with Gasteiger partial charge in [-0.05, 0) is 17.7 Å². The van der Waals surface area contributed by atoms with E-state index in [0.717, 1.165) is 16.6 Å². The molecule has 0 aliphatic heterocycles. The molecule has 6 heteroatoms. The molecule has 0 spiro atoms. The Morgan fingerprint density at radius 1 is 1.53 bits per heavy atom. The minimum Gasteiger partial charge on any atom is -0.334 e. The first kappa shape index (κ1) is 13.5. The van der Waals surface area contributed by atoms with Crippen LogP contribution in [0.15, 0.2) is 24.5 Å². The van der Waals surface area contributed by atoms with Crippen LogP contribution in [0.3, 0.4) is 0 Å². The summed E-state index contributed by atoms with van der Waals surface area (Å²) in [6.45, 7) is 0. The maximum absolute atomic E-state index is 11.7. The number of nitrogens with two attached hydrogens (primary N) is 1. The Hall–Kier alpha value is -1.92. The van der Waals surface area contributed by atoms with Gasteiger partial charge in [-0.1, -0.05) is 6.07 Å². The summed E-state index contributed by atoms with van der Waals surface area (Å²) in [7, 11) is 5.48. The first-order chi connectivity index (χ1) is 8.97. The fraction of sp³-hybridized carbons (Fsp3) is 0.385. The Labute approximate surface area is 112 Å². The van der Waals surface area contributed by atoms with Crippen LogP contribution >= 0.6 is 0 Å². The Bertz CT molecular complexity index is 590. The largest absolute Gasteiger partial charge is 0.334 e. The number of imidazole rings is 1. The number of aromatic nitrogens is 2. The molecule has 19 heavy (non-hydrogen) atoms. The highest BCUT2D eigenvalue weighted by atomic mass is 16.2. The molecule has 1 heterocycles. The molecular weight excluding hydrogens is 242 g/mol. The topological polar surface area (TPSA) is 76.2 Å². The summed E-state index contributed by atoms with van der Waals surface area (Å²) in [5.74, 6) is -0.0985. The maximum Gasteiger partial charge on any atom is 0.236 e. The van der Waals surface area contributed by atoms with Crippen molar-refractivity contribution in [3.8, 4) is 0 Å². The summed E-state index contributed by atoms with van der Waals surface area (Å²) in [5.41, 5.74) is 11.6. The molecule has 1 amide bonds. The van der Waals surface area contributed by atoms with Crippen molar-refractivity contribution in [2.45, 2.75) is 12.5 Å². The number of aryl methyl sites for hydroxylation is 1. The van der Waals surface area contributed by atoms with Crippen molar-refractivity contribution in [3.05, 3.63) is 30.1 Å². The summed E-state index contributed by atoms with van der Waals surface area (Å²) >= 11 is 0. The molecule has 6 nitrogen and oxygen atoms in total. The van der Waals surface area contributed by atoms with Crippen LogP contribution in [-0.4, -0.2) is 34.6 Å². The quantitative estimate of drug-likeness (QED) is 0.788. The number of benzene rings is 1. The van der Waals surface area contributed by atoms with E-state index in [9.17, 15) is 4.79 Å². The molecular formula is C13H19N5O. The third-order valence-corrected chi connectivity index (χ3v) is 2.93. The molecule has 0 fully saturated rings. The van der Waals surface area contributed by atoms with Crippen molar-refractivity contribution >= 4 is 16.9 Å². The normalized spacial score (nSPS) is 12.9. The number of rotatable bonds is 4. The minimum atomic E-state index is -0.327. The molecule has 0 bridgehead atoms. The standard InChI is InChI=1S/C13H19N5O/c1-17(2)16-13(19)7-10(14)9-4-5-12-11(6-9)15-8-18(12)3/h4-6,8,10H,7,14H2,1-3H3,(H,16,19). The number of amides is 1. The van der Waals surface area contributed by atoms with Gasteiger partial charge in [-0.25, -0.2) is 9.99 Å². The number of hydrogen-bond donors (Lipinski definition) is 2. The van der Waals surface area contributed by atoms with E-state index < -0.39 is 0 Å². The Balaban J connectivity index is 2.12. The van der Waals surface area contributed by atoms with E-state index in [-0.39, 0.29) is 18.4 Å². The van der Waals surface area contributed by atoms with Crippen molar-refractivity contribution in [2.75, 3.05) is 14.1 Å². The molecule has 3 N–H and O–H groups in total. The predicted octanol–water partition coefficient (Wildman–Crippen LogP) is 0.556. The SMILES string of the molecule is CN(C)NC(=O)CC(N)c1ccc2c(c1)ncn2C. The molecule has 2 aromatic rings. The highest BCUT2D eigenvalue weighted by Gasteiger charge is 2.13. The Kier molecular flexibility index (Phi) is 3.82. The third kappa shape index (κ3) is 3.10. The number of hydrogen-bond acceptors (Lipinski definition) is 4. The monoisotopic (exact) mass is 261 g/mol.